The molecule has 0 radical (unpaired) electrons. The van der Waals surface area contributed by atoms with Crippen LogP contribution in [0.4, 0.5) is 0 Å². The molecule has 3 unspecified atom stereocenters. The lowest BCUT2D eigenvalue weighted by Crippen LogP contribution is -2.53. The van der Waals surface area contributed by atoms with E-state index in [4.69, 9.17) is 4.74 Å². The van der Waals surface area contributed by atoms with Gasteiger partial charge in [-0.05, 0) is 58.2 Å². The van der Waals surface area contributed by atoms with Gasteiger partial charge in [-0.25, -0.2) is 0 Å². The van der Waals surface area contributed by atoms with E-state index in [1.165, 1.54) is 12.8 Å². The number of nitrogens with one attached hydrogen (secondary N) is 2. The van der Waals surface area contributed by atoms with Crippen molar-refractivity contribution < 1.29 is 9.53 Å². The molecule has 2 N–H and O–H groups in total. The predicted octanol–water partition coefficient (Wildman–Crippen LogP) is 0.917. The third-order valence-electron chi connectivity index (χ3n) is 3.94. The lowest BCUT2D eigenvalue weighted by atomic mass is 9.79. The SMILES string of the molecule is CCOC(=O)C1CCCNC1C1CCCNC1. The van der Waals surface area contributed by atoms with Gasteiger partial charge in [-0.1, -0.05) is 0 Å². The number of hydrogen-bond donors (Lipinski definition) is 2. The highest BCUT2D eigenvalue weighted by Crippen LogP contribution is 2.27. The van der Waals surface area contributed by atoms with Gasteiger partial charge in [0, 0.05) is 6.04 Å². The summed E-state index contributed by atoms with van der Waals surface area (Å²) in [5, 5.41) is 6.97. The molecule has 2 rings (SSSR count). The summed E-state index contributed by atoms with van der Waals surface area (Å²) < 4.78 is 5.20. The van der Waals surface area contributed by atoms with Crippen molar-refractivity contribution in [3.05, 3.63) is 0 Å². The molecule has 0 aromatic carbocycles. The third-order valence-corrected chi connectivity index (χ3v) is 3.94. The molecule has 0 aromatic rings. The minimum absolute atomic E-state index is 0.00438. The van der Waals surface area contributed by atoms with Gasteiger partial charge in [-0.2, -0.15) is 0 Å². The first-order valence-corrected chi connectivity index (χ1v) is 6.93. The molecule has 17 heavy (non-hydrogen) atoms. The second-order valence-corrected chi connectivity index (χ2v) is 5.09. The summed E-state index contributed by atoms with van der Waals surface area (Å²) in [6.45, 7) is 5.56. The van der Waals surface area contributed by atoms with Crippen LogP contribution in [0.25, 0.3) is 0 Å². The van der Waals surface area contributed by atoms with Crippen molar-refractivity contribution in [2.45, 2.75) is 38.6 Å². The van der Waals surface area contributed by atoms with Crippen LogP contribution in [0, 0.1) is 11.8 Å². The summed E-state index contributed by atoms with van der Waals surface area (Å²) in [4.78, 5) is 12.0. The van der Waals surface area contributed by atoms with Gasteiger partial charge in [0.2, 0.25) is 0 Å². The molecule has 2 aliphatic rings. The fourth-order valence-corrected chi connectivity index (χ4v) is 3.11. The van der Waals surface area contributed by atoms with Crippen molar-refractivity contribution in [1.29, 1.82) is 0 Å². The standard InChI is InChI=1S/C13H24N2O2/c1-2-17-13(16)11-6-4-8-15-12(11)10-5-3-7-14-9-10/h10-12,14-15H,2-9H2,1H3. The average molecular weight is 240 g/mol. The highest BCUT2D eigenvalue weighted by molar-refractivity contribution is 5.73. The van der Waals surface area contributed by atoms with E-state index in [-0.39, 0.29) is 11.9 Å². The Labute approximate surface area is 103 Å². The molecule has 0 aliphatic carbocycles. The minimum atomic E-state index is -0.00438. The molecule has 2 aliphatic heterocycles. The fourth-order valence-electron chi connectivity index (χ4n) is 3.11. The number of rotatable bonds is 3. The van der Waals surface area contributed by atoms with Gasteiger partial charge < -0.3 is 15.4 Å². The molecule has 0 saturated carbocycles. The molecule has 2 saturated heterocycles. The zero-order chi connectivity index (χ0) is 12.1. The van der Waals surface area contributed by atoms with Crippen LogP contribution in [0.15, 0.2) is 0 Å². The molecule has 0 aromatic heterocycles. The van der Waals surface area contributed by atoms with Crippen molar-refractivity contribution in [3.8, 4) is 0 Å². The normalized spacial score (nSPS) is 34.3. The van der Waals surface area contributed by atoms with E-state index in [9.17, 15) is 4.79 Å². The Morgan fingerprint density at radius 3 is 2.82 bits per heavy atom. The molecule has 0 amide bonds. The van der Waals surface area contributed by atoms with E-state index in [0.717, 1.165) is 32.5 Å². The maximum absolute atomic E-state index is 12.0. The van der Waals surface area contributed by atoms with Crippen LogP contribution in [0.1, 0.15) is 32.6 Å². The molecule has 2 heterocycles. The molecular weight excluding hydrogens is 216 g/mol. The van der Waals surface area contributed by atoms with Crippen LogP contribution in [-0.4, -0.2) is 38.3 Å². The van der Waals surface area contributed by atoms with Crippen molar-refractivity contribution in [3.63, 3.8) is 0 Å². The number of piperidine rings is 2. The number of hydrogen-bond acceptors (Lipinski definition) is 4. The first-order valence-electron chi connectivity index (χ1n) is 6.93. The highest BCUT2D eigenvalue weighted by Gasteiger charge is 2.37. The minimum Gasteiger partial charge on any atom is -0.466 e. The Kier molecular flexibility index (Phi) is 4.80. The van der Waals surface area contributed by atoms with E-state index >= 15 is 0 Å². The molecule has 2 fully saturated rings. The third kappa shape index (κ3) is 3.19. The Morgan fingerprint density at radius 1 is 1.29 bits per heavy atom. The van der Waals surface area contributed by atoms with Gasteiger partial charge in [0.15, 0.2) is 0 Å². The number of esters is 1. The molecule has 98 valence electrons. The van der Waals surface area contributed by atoms with Crippen molar-refractivity contribution >= 4 is 5.97 Å². The quantitative estimate of drug-likeness (QED) is 0.720. The van der Waals surface area contributed by atoms with Gasteiger partial charge in [0.05, 0.1) is 12.5 Å². The van der Waals surface area contributed by atoms with Gasteiger partial charge in [0.25, 0.3) is 0 Å². The van der Waals surface area contributed by atoms with Gasteiger partial charge in [0.1, 0.15) is 0 Å². The average Bonchev–Trinajstić information content (AvgIpc) is 2.40. The second-order valence-electron chi connectivity index (χ2n) is 5.09. The smallest absolute Gasteiger partial charge is 0.310 e. The maximum atomic E-state index is 12.0. The Balaban J connectivity index is 1.97. The highest BCUT2D eigenvalue weighted by atomic mass is 16.5. The van der Waals surface area contributed by atoms with Gasteiger partial charge in [-0.15, -0.1) is 0 Å². The molecular formula is C13H24N2O2. The van der Waals surface area contributed by atoms with E-state index in [2.05, 4.69) is 10.6 Å². The van der Waals surface area contributed by atoms with Crippen molar-refractivity contribution in [1.82, 2.24) is 10.6 Å². The van der Waals surface area contributed by atoms with Gasteiger partial charge >= 0.3 is 5.97 Å². The molecule has 4 nitrogen and oxygen atoms in total. The van der Waals surface area contributed by atoms with Crippen LogP contribution in [-0.2, 0) is 9.53 Å². The van der Waals surface area contributed by atoms with Crippen molar-refractivity contribution in [2.75, 3.05) is 26.2 Å². The first-order chi connectivity index (χ1) is 8.33. The summed E-state index contributed by atoms with van der Waals surface area (Å²) >= 11 is 0. The molecule has 0 spiro atoms. The van der Waals surface area contributed by atoms with Crippen LogP contribution in [0.5, 0.6) is 0 Å². The summed E-state index contributed by atoms with van der Waals surface area (Å²) in [7, 11) is 0. The van der Waals surface area contributed by atoms with Crippen LogP contribution in [0.2, 0.25) is 0 Å². The van der Waals surface area contributed by atoms with Crippen molar-refractivity contribution in [2.24, 2.45) is 11.8 Å². The van der Waals surface area contributed by atoms with Crippen LogP contribution in [0.3, 0.4) is 0 Å². The maximum Gasteiger partial charge on any atom is 0.310 e. The second kappa shape index (κ2) is 6.36. The Morgan fingerprint density at radius 2 is 2.12 bits per heavy atom. The summed E-state index contributed by atoms with van der Waals surface area (Å²) in [5.74, 6) is 0.641. The number of ether oxygens (including phenoxy) is 1. The van der Waals surface area contributed by atoms with Crippen LogP contribution < -0.4 is 10.6 Å². The Bertz CT molecular complexity index is 252. The number of carbonyl (C=O) groups is 1. The van der Waals surface area contributed by atoms with E-state index in [1.54, 1.807) is 0 Å². The fraction of sp³-hybridized carbons (Fsp3) is 0.923. The predicted molar refractivity (Wildman–Crippen MR) is 66.7 cm³/mol. The largest absolute Gasteiger partial charge is 0.466 e. The summed E-state index contributed by atoms with van der Waals surface area (Å²) in [5.41, 5.74) is 0. The molecule has 4 heteroatoms. The Hall–Kier alpha value is -0.610. The lowest BCUT2D eigenvalue weighted by molar-refractivity contribution is -0.150. The van der Waals surface area contributed by atoms with E-state index in [0.29, 0.717) is 18.6 Å². The van der Waals surface area contributed by atoms with Crippen LogP contribution >= 0.6 is 0 Å². The number of carbonyl (C=O) groups excluding carboxylic acids is 1. The molecule has 3 atom stereocenters. The van der Waals surface area contributed by atoms with Gasteiger partial charge in [-0.3, -0.25) is 4.79 Å². The zero-order valence-electron chi connectivity index (χ0n) is 10.7. The van der Waals surface area contributed by atoms with E-state index in [1.807, 2.05) is 6.92 Å². The monoisotopic (exact) mass is 240 g/mol. The summed E-state index contributed by atoms with van der Waals surface area (Å²) in [6.07, 6.45) is 4.51. The topological polar surface area (TPSA) is 50.4 Å². The zero-order valence-corrected chi connectivity index (χ0v) is 10.7. The summed E-state index contributed by atoms with van der Waals surface area (Å²) in [6, 6.07) is 0.315. The molecule has 0 bridgehead atoms. The lowest BCUT2D eigenvalue weighted by Gasteiger charge is -2.38. The van der Waals surface area contributed by atoms with E-state index < -0.39 is 0 Å². The first kappa shape index (κ1) is 12.8.